The van der Waals surface area contributed by atoms with Crippen molar-refractivity contribution in [2.45, 2.75) is 53.0 Å². The molecule has 2 aromatic rings. The maximum Gasteiger partial charge on any atom is 0.309 e. The van der Waals surface area contributed by atoms with Gasteiger partial charge in [0.2, 0.25) is 11.8 Å². The minimum absolute atomic E-state index is 0.0621. The number of rotatable bonds is 9. The summed E-state index contributed by atoms with van der Waals surface area (Å²) in [6.07, 6.45) is 2.09. The van der Waals surface area contributed by atoms with Crippen LogP contribution in [0.15, 0.2) is 54.6 Å². The summed E-state index contributed by atoms with van der Waals surface area (Å²) in [4.78, 5) is 41.4. The van der Waals surface area contributed by atoms with Crippen LogP contribution in [0.2, 0.25) is 0 Å². The van der Waals surface area contributed by atoms with Crippen LogP contribution in [-0.2, 0) is 32.1 Å². The van der Waals surface area contributed by atoms with Gasteiger partial charge >= 0.3 is 5.97 Å². The molecule has 2 amide bonds. The molecule has 1 aliphatic rings. The first kappa shape index (κ1) is 25.5. The zero-order valence-corrected chi connectivity index (χ0v) is 20.5. The number of hydrogen-bond donors (Lipinski definition) is 0. The molecule has 1 saturated heterocycles. The Morgan fingerprint density at radius 2 is 1.62 bits per heavy atom. The number of esters is 1. The lowest BCUT2D eigenvalue weighted by molar-refractivity contribution is -0.151. The Hall–Kier alpha value is -3.15. The molecule has 0 saturated carbocycles. The highest BCUT2D eigenvalue weighted by Crippen LogP contribution is 2.23. The van der Waals surface area contributed by atoms with Crippen molar-refractivity contribution in [3.63, 3.8) is 0 Å². The molecule has 6 nitrogen and oxygen atoms in total. The van der Waals surface area contributed by atoms with Crippen LogP contribution in [0.3, 0.4) is 0 Å². The van der Waals surface area contributed by atoms with Crippen molar-refractivity contribution in [1.82, 2.24) is 4.90 Å². The molecule has 1 aliphatic heterocycles. The van der Waals surface area contributed by atoms with Crippen LogP contribution < -0.4 is 4.90 Å². The largest absolute Gasteiger partial charge is 0.466 e. The van der Waals surface area contributed by atoms with E-state index in [-0.39, 0.29) is 29.6 Å². The van der Waals surface area contributed by atoms with Crippen molar-refractivity contribution in [2.75, 3.05) is 24.6 Å². The minimum atomic E-state index is -0.155. The molecule has 0 aromatic heterocycles. The Kier molecular flexibility index (Phi) is 9.25. The lowest BCUT2D eigenvalue weighted by Gasteiger charge is -2.31. The number of anilines is 1. The van der Waals surface area contributed by atoms with Crippen LogP contribution in [0, 0.1) is 11.8 Å². The Bertz CT molecular complexity index is 948. The second-order valence-electron chi connectivity index (χ2n) is 9.31. The maximum absolute atomic E-state index is 13.0. The summed E-state index contributed by atoms with van der Waals surface area (Å²) in [5.41, 5.74) is 2.82. The van der Waals surface area contributed by atoms with Crippen LogP contribution >= 0.6 is 0 Å². The average molecular weight is 465 g/mol. The predicted octanol–water partition coefficient (Wildman–Crippen LogP) is 4.61. The summed E-state index contributed by atoms with van der Waals surface area (Å²) in [5.74, 6) is 0.161. The summed E-state index contributed by atoms with van der Waals surface area (Å²) >= 11 is 0. The SMILES string of the molecule is CCOC(=O)C1CCN(C(=O)Cc2ccc(N(Cc3ccccc3)C(=O)CC(C)C)cc2)CC1. The number of hydrogen-bond acceptors (Lipinski definition) is 4. The number of ether oxygens (including phenoxy) is 1. The lowest BCUT2D eigenvalue weighted by atomic mass is 9.96. The molecule has 182 valence electrons. The number of likely N-dealkylation sites (tertiary alicyclic amines) is 1. The van der Waals surface area contributed by atoms with E-state index in [9.17, 15) is 14.4 Å². The van der Waals surface area contributed by atoms with Crippen molar-refractivity contribution in [3.05, 3.63) is 65.7 Å². The van der Waals surface area contributed by atoms with Gasteiger partial charge in [0.25, 0.3) is 0 Å². The second kappa shape index (κ2) is 12.4. The predicted molar refractivity (Wildman–Crippen MR) is 133 cm³/mol. The normalized spacial score (nSPS) is 14.2. The van der Waals surface area contributed by atoms with Gasteiger partial charge in [-0.3, -0.25) is 14.4 Å². The molecule has 1 heterocycles. The number of carbonyl (C=O) groups excluding carboxylic acids is 3. The monoisotopic (exact) mass is 464 g/mol. The molecule has 2 aromatic carbocycles. The van der Waals surface area contributed by atoms with Crippen molar-refractivity contribution >= 4 is 23.5 Å². The average Bonchev–Trinajstić information content (AvgIpc) is 2.83. The highest BCUT2D eigenvalue weighted by molar-refractivity contribution is 5.93. The van der Waals surface area contributed by atoms with E-state index in [2.05, 4.69) is 0 Å². The third-order valence-electron chi connectivity index (χ3n) is 6.14. The van der Waals surface area contributed by atoms with Gasteiger partial charge < -0.3 is 14.5 Å². The van der Waals surface area contributed by atoms with E-state index < -0.39 is 0 Å². The smallest absolute Gasteiger partial charge is 0.309 e. The molecule has 0 spiro atoms. The Morgan fingerprint density at radius 1 is 0.971 bits per heavy atom. The molecule has 3 rings (SSSR count). The molecule has 0 unspecified atom stereocenters. The molecular weight excluding hydrogens is 428 g/mol. The second-order valence-corrected chi connectivity index (χ2v) is 9.31. The number of amides is 2. The first-order valence-electron chi connectivity index (χ1n) is 12.2. The Morgan fingerprint density at radius 3 is 2.21 bits per heavy atom. The van der Waals surface area contributed by atoms with Crippen molar-refractivity contribution in [2.24, 2.45) is 11.8 Å². The Balaban J connectivity index is 1.62. The summed E-state index contributed by atoms with van der Waals surface area (Å²) in [5, 5.41) is 0. The number of carbonyl (C=O) groups is 3. The number of nitrogens with zero attached hydrogens (tertiary/aromatic N) is 2. The molecule has 0 bridgehead atoms. The first-order valence-corrected chi connectivity index (χ1v) is 12.2. The van der Waals surface area contributed by atoms with E-state index >= 15 is 0 Å². The van der Waals surface area contributed by atoms with Gasteiger partial charge in [-0.25, -0.2) is 0 Å². The standard InChI is InChI=1S/C28H36N2O4/c1-4-34-28(33)24-14-16-29(17-15-24)26(31)19-22-10-12-25(13-11-22)30(27(32)18-21(2)3)20-23-8-6-5-7-9-23/h5-13,21,24H,4,14-20H2,1-3H3. The molecular formula is C28H36N2O4. The lowest BCUT2D eigenvalue weighted by Crippen LogP contribution is -2.41. The molecule has 0 N–H and O–H groups in total. The van der Waals surface area contributed by atoms with E-state index in [4.69, 9.17) is 4.74 Å². The van der Waals surface area contributed by atoms with Gasteiger partial charge in [-0.15, -0.1) is 0 Å². The molecule has 0 aliphatic carbocycles. The molecule has 1 fully saturated rings. The maximum atomic E-state index is 13.0. The molecule has 34 heavy (non-hydrogen) atoms. The molecule has 6 heteroatoms. The van der Waals surface area contributed by atoms with E-state index in [1.807, 2.05) is 85.2 Å². The highest BCUT2D eigenvalue weighted by Gasteiger charge is 2.28. The van der Waals surface area contributed by atoms with Crippen molar-refractivity contribution < 1.29 is 19.1 Å². The number of piperidine rings is 1. The van der Waals surface area contributed by atoms with Crippen LogP contribution in [-0.4, -0.2) is 42.4 Å². The van der Waals surface area contributed by atoms with E-state index in [1.54, 1.807) is 0 Å². The van der Waals surface area contributed by atoms with Crippen LogP contribution in [0.4, 0.5) is 5.69 Å². The van der Waals surface area contributed by atoms with Gasteiger partial charge in [0.05, 0.1) is 25.5 Å². The summed E-state index contributed by atoms with van der Waals surface area (Å²) in [7, 11) is 0. The zero-order valence-electron chi connectivity index (χ0n) is 20.5. The zero-order chi connectivity index (χ0) is 24.5. The van der Waals surface area contributed by atoms with Crippen molar-refractivity contribution in [3.8, 4) is 0 Å². The highest BCUT2D eigenvalue weighted by atomic mass is 16.5. The third-order valence-corrected chi connectivity index (χ3v) is 6.14. The van der Waals surface area contributed by atoms with Gasteiger partial charge in [0.1, 0.15) is 0 Å². The van der Waals surface area contributed by atoms with Gasteiger partial charge in [0, 0.05) is 25.2 Å². The van der Waals surface area contributed by atoms with E-state index in [0.29, 0.717) is 51.9 Å². The fourth-order valence-electron chi connectivity index (χ4n) is 4.25. The molecule has 0 atom stereocenters. The van der Waals surface area contributed by atoms with Gasteiger partial charge in [-0.2, -0.15) is 0 Å². The molecule has 0 radical (unpaired) electrons. The number of benzene rings is 2. The van der Waals surface area contributed by atoms with Crippen molar-refractivity contribution in [1.29, 1.82) is 0 Å². The van der Waals surface area contributed by atoms with Crippen LogP contribution in [0.25, 0.3) is 0 Å². The third kappa shape index (κ3) is 7.17. The fraction of sp³-hybridized carbons (Fsp3) is 0.464. The van der Waals surface area contributed by atoms with Gasteiger partial charge in [0.15, 0.2) is 0 Å². The van der Waals surface area contributed by atoms with Crippen LogP contribution in [0.1, 0.15) is 51.2 Å². The van der Waals surface area contributed by atoms with Gasteiger partial charge in [-0.1, -0.05) is 56.3 Å². The first-order chi connectivity index (χ1) is 16.4. The summed E-state index contributed by atoms with van der Waals surface area (Å²) in [6, 6.07) is 17.7. The van der Waals surface area contributed by atoms with E-state index in [0.717, 1.165) is 16.8 Å². The Labute approximate surface area is 202 Å². The minimum Gasteiger partial charge on any atom is -0.466 e. The van der Waals surface area contributed by atoms with Gasteiger partial charge in [-0.05, 0) is 48.9 Å². The van der Waals surface area contributed by atoms with Crippen LogP contribution in [0.5, 0.6) is 0 Å². The van der Waals surface area contributed by atoms with E-state index in [1.165, 1.54) is 0 Å². The topological polar surface area (TPSA) is 66.9 Å². The fourth-order valence-corrected chi connectivity index (χ4v) is 4.25. The summed E-state index contributed by atoms with van der Waals surface area (Å²) in [6.45, 7) is 7.96. The quantitative estimate of drug-likeness (QED) is 0.508. The summed E-state index contributed by atoms with van der Waals surface area (Å²) < 4.78 is 5.11.